The summed E-state index contributed by atoms with van der Waals surface area (Å²) in [5.74, 6) is 0. The van der Waals surface area contributed by atoms with Crippen molar-refractivity contribution in [1.82, 2.24) is 15.1 Å². The van der Waals surface area contributed by atoms with Crippen LogP contribution in [0.15, 0.2) is 0 Å². The normalized spacial score (nSPS) is 29.2. The lowest BCUT2D eigenvalue weighted by Gasteiger charge is -2.47. The Hall–Kier alpha value is -0.120. The van der Waals surface area contributed by atoms with E-state index in [4.69, 9.17) is 0 Å². The van der Waals surface area contributed by atoms with E-state index in [-0.39, 0.29) is 0 Å². The van der Waals surface area contributed by atoms with E-state index < -0.39 is 0 Å². The summed E-state index contributed by atoms with van der Waals surface area (Å²) in [6.45, 7) is 11.8. The van der Waals surface area contributed by atoms with Gasteiger partial charge >= 0.3 is 0 Å². The molecule has 0 radical (unpaired) electrons. The molecule has 1 atom stereocenters. The Balaban J connectivity index is 1.79. The van der Waals surface area contributed by atoms with Gasteiger partial charge in [-0.3, -0.25) is 9.80 Å². The molecule has 0 amide bonds. The first-order valence-electron chi connectivity index (χ1n) is 6.68. The van der Waals surface area contributed by atoms with Crippen molar-refractivity contribution in [2.24, 2.45) is 0 Å². The van der Waals surface area contributed by atoms with Gasteiger partial charge in [-0.25, -0.2) is 0 Å². The minimum absolute atomic E-state index is 0.325. The zero-order valence-electron chi connectivity index (χ0n) is 11.3. The van der Waals surface area contributed by atoms with Gasteiger partial charge in [0.15, 0.2) is 0 Å². The van der Waals surface area contributed by atoms with Crippen LogP contribution in [0, 0.1) is 0 Å². The first-order valence-corrected chi connectivity index (χ1v) is 6.68. The van der Waals surface area contributed by atoms with E-state index >= 15 is 0 Å². The maximum absolute atomic E-state index is 3.64. The summed E-state index contributed by atoms with van der Waals surface area (Å²) in [6, 6.07) is 1.51. The van der Waals surface area contributed by atoms with Gasteiger partial charge in [-0.1, -0.05) is 0 Å². The second-order valence-electron chi connectivity index (χ2n) is 6.24. The van der Waals surface area contributed by atoms with E-state index in [0.29, 0.717) is 11.6 Å². The third-order valence-corrected chi connectivity index (χ3v) is 4.25. The highest BCUT2D eigenvalue weighted by Crippen LogP contribution is 2.21. The second kappa shape index (κ2) is 4.63. The molecule has 2 fully saturated rings. The summed E-state index contributed by atoms with van der Waals surface area (Å²) >= 11 is 0. The molecule has 1 aliphatic carbocycles. The van der Waals surface area contributed by atoms with Crippen molar-refractivity contribution in [2.75, 3.05) is 33.2 Å². The molecular formula is C13H27N3. The summed E-state index contributed by atoms with van der Waals surface area (Å²) in [4.78, 5) is 5.11. The van der Waals surface area contributed by atoms with Crippen LogP contribution in [0.4, 0.5) is 0 Å². The highest BCUT2D eigenvalue weighted by molar-refractivity contribution is 4.91. The molecule has 16 heavy (non-hydrogen) atoms. The smallest absolute Gasteiger partial charge is 0.0277 e. The zero-order valence-corrected chi connectivity index (χ0v) is 11.3. The van der Waals surface area contributed by atoms with Gasteiger partial charge in [0.2, 0.25) is 0 Å². The largest absolute Gasteiger partial charge is 0.312 e. The molecule has 0 spiro atoms. The van der Waals surface area contributed by atoms with Gasteiger partial charge in [-0.05, 0) is 40.7 Å². The molecule has 0 aromatic carbocycles. The minimum Gasteiger partial charge on any atom is -0.312 e. The van der Waals surface area contributed by atoms with Crippen molar-refractivity contribution < 1.29 is 0 Å². The van der Waals surface area contributed by atoms with E-state index in [2.05, 4.69) is 42.9 Å². The quantitative estimate of drug-likeness (QED) is 0.774. The lowest BCUT2D eigenvalue weighted by atomic mass is 9.98. The van der Waals surface area contributed by atoms with E-state index in [0.717, 1.165) is 12.6 Å². The van der Waals surface area contributed by atoms with Crippen molar-refractivity contribution in [3.8, 4) is 0 Å². The third-order valence-electron chi connectivity index (χ3n) is 4.25. The van der Waals surface area contributed by atoms with Gasteiger partial charge in [-0.2, -0.15) is 0 Å². The van der Waals surface area contributed by atoms with Crippen molar-refractivity contribution >= 4 is 0 Å². The Bertz CT molecular complexity index is 235. The number of likely N-dealkylation sites (N-methyl/N-ethyl adjacent to an activating group) is 1. The molecule has 1 heterocycles. The molecule has 1 aliphatic heterocycles. The molecule has 2 aliphatic rings. The number of rotatable bonds is 4. The highest BCUT2D eigenvalue weighted by Gasteiger charge is 2.33. The fourth-order valence-electron chi connectivity index (χ4n) is 2.41. The van der Waals surface area contributed by atoms with E-state index in [1.165, 1.54) is 32.5 Å². The fraction of sp³-hybridized carbons (Fsp3) is 1.00. The number of hydrogen-bond acceptors (Lipinski definition) is 3. The molecule has 94 valence electrons. The van der Waals surface area contributed by atoms with Gasteiger partial charge in [0.25, 0.3) is 0 Å². The Morgan fingerprint density at radius 3 is 2.56 bits per heavy atom. The first-order chi connectivity index (χ1) is 7.49. The van der Waals surface area contributed by atoms with Crippen molar-refractivity contribution in [3.05, 3.63) is 0 Å². The molecular weight excluding hydrogens is 198 g/mol. The molecule has 1 N–H and O–H groups in total. The molecule has 0 bridgehead atoms. The predicted octanol–water partition coefficient (Wildman–Crippen LogP) is 1.15. The molecule has 1 unspecified atom stereocenters. The maximum Gasteiger partial charge on any atom is 0.0277 e. The van der Waals surface area contributed by atoms with Crippen LogP contribution in [0.2, 0.25) is 0 Å². The van der Waals surface area contributed by atoms with Gasteiger partial charge in [0, 0.05) is 43.8 Å². The Morgan fingerprint density at radius 2 is 2.00 bits per heavy atom. The topological polar surface area (TPSA) is 18.5 Å². The highest BCUT2D eigenvalue weighted by atomic mass is 15.3. The molecule has 2 rings (SSSR count). The maximum atomic E-state index is 3.64. The average Bonchev–Trinajstić information content (AvgIpc) is 3.02. The van der Waals surface area contributed by atoms with Crippen molar-refractivity contribution in [2.45, 2.75) is 51.2 Å². The van der Waals surface area contributed by atoms with E-state index in [1.54, 1.807) is 0 Å². The van der Waals surface area contributed by atoms with Crippen LogP contribution in [0.1, 0.15) is 33.6 Å². The number of hydrogen-bond donors (Lipinski definition) is 1. The summed E-state index contributed by atoms with van der Waals surface area (Å²) in [5.41, 5.74) is 0.325. The minimum atomic E-state index is 0.325. The Kier molecular flexibility index (Phi) is 3.57. The van der Waals surface area contributed by atoms with Gasteiger partial charge < -0.3 is 5.32 Å². The fourth-order valence-corrected chi connectivity index (χ4v) is 2.41. The van der Waals surface area contributed by atoms with Gasteiger partial charge in [0.1, 0.15) is 0 Å². The number of nitrogens with zero attached hydrogens (tertiary/aromatic N) is 2. The second-order valence-corrected chi connectivity index (χ2v) is 6.24. The molecule has 0 aromatic heterocycles. The molecule has 0 aromatic rings. The lowest BCUT2D eigenvalue weighted by Crippen LogP contribution is -2.60. The van der Waals surface area contributed by atoms with Gasteiger partial charge in [0.05, 0.1) is 0 Å². The van der Waals surface area contributed by atoms with Crippen LogP contribution >= 0.6 is 0 Å². The first kappa shape index (κ1) is 12.3. The van der Waals surface area contributed by atoms with Crippen LogP contribution < -0.4 is 5.32 Å². The van der Waals surface area contributed by atoms with Crippen LogP contribution in [-0.2, 0) is 0 Å². The van der Waals surface area contributed by atoms with Gasteiger partial charge in [-0.15, -0.1) is 0 Å². The predicted molar refractivity (Wildman–Crippen MR) is 68.8 cm³/mol. The summed E-state index contributed by atoms with van der Waals surface area (Å²) in [5, 5.41) is 3.64. The third kappa shape index (κ3) is 2.96. The van der Waals surface area contributed by atoms with Crippen molar-refractivity contribution in [3.63, 3.8) is 0 Å². The average molecular weight is 225 g/mol. The van der Waals surface area contributed by atoms with Crippen LogP contribution in [-0.4, -0.2) is 60.6 Å². The Labute approximate surface area is 100 Å². The van der Waals surface area contributed by atoms with Crippen LogP contribution in [0.5, 0.6) is 0 Å². The summed E-state index contributed by atoms with van der Waals surface area (Å²) in [6.07, 6.45) is 2.78. The zero-order chi connectivity index (χ0) is 11.8. The standard InChI is InChI=1S/C13H27N3/c1-11(9-14-12-5-6-12)16-8-7-15(4)13(2,3)10-16/h11-12,14H,5-10H2,1-4H3. The molecule has 1 saturated heterocycles. The monoisotopic (exact) mass is 225 g/mol. The summed E-state index contributed by atoms with van der Waals surface area (Å²) in [7, 11) is 2.24. The SMILES string of the molecule is CC(CNC1CC1)N1CCN(C)C(C)(C)C1. The van der Waals surface area contributed by atoms with E-state index in [9.17, 15) is 0 Å². The lowest BCUT2D eigenvalue weighted by molar-refractivity contribution is 0.0207. The molecule has 3 heteroatoms. The summed E-state index contributed by atoms with van der Waals surface area (Å²) < 4.78 is 0. The van der Waals surface area contributed by atoms with Crippen molar-refractivity contribution in [1.29, 1.82) is 0 Å². The number of nitrogens with one attached hydrogen (secondary N) is 1. The number of piperazine rings is 1. The Morgan fingerprint density at radius 1 is 1.31 bits per heavy atom. The van der Waals surface area contributed by atoms with Crippen LogP contribution in [0.3, 0.4) is 0 Å². The molecule has 1 saturated carbocycles. The van der Waals surface area contributed by atoms with Crippen LogP contribution in [0.25, 0.3) is 0 Å². The van der Waals surface area contributed by atoms with E-state index in [1.807, 2.05) is 0 Å². The molecule has 3 nitrogen and oxygen atoms in total.